The molecule has 0 nitrogen and oxygen atoms in total. The van der Waals surface area contributed by atoms with Crippen molar-refractivity contribution in [3.05, 3.63) is 18.6 Å². The maximum Gasteiger partial charge on any atom is -0.0202 e. The van der Waals surface area contributed by atoms with Crippen molar-refractivity contribution in [2.75, 3.05) is 0 Å². The molecule has 1 aliphatic rings. The first-order valence-electron chi connectivity index (χ1n) is 5.43. The molecule has 1 rings (SSSR count). The third-order valence-electron chi connectivity index (χ3n) is 2.55. The molecule has 0 N–H and O–H groups in total. The SMILES string of the molecule is CCC[CH]C1/C=C\CCCCC1. The molecule has 0 saturated carbocycles. The zero-order valence-corrected chi connectivity index (χ0v) is 8.26. The van der Waals surface area contributed by atoms with E-state index in [9.17, 15) is 0 Å². The van der Waals surface area contributed by atoms with Crippen LogP contribution in [0.15, 0.2) is 12.2 Å². The summed E-state index contributed by atoms with van der Waals surface area (Å²) in [5, 5.41) is 0. The van der Waals surface area contributed by atoms with Crippen molar-refractivity contribution in [1.82, 2.24) is 0 Å². The van der Waals surface area contributed by atoms with Gasteiger partial charge in [-0.2, -0.15) is 0 Å². The quantitative estimate of drug-likeness (QED) is 0.552. The molecule has 0 heteroatoms. The Morgan fingerprint density at radius 2 is 2.25 bits per heavy atom. The summed E-state index contributed by atoms with van der Waals surface area (Å²) >= 11 is 0. The van der Waals surface area contributed by atoms with Gasteiger partial charge in [0.1, 0.15) is 0 Å². The van der Waals surface area contributed by atoms with Gasteiger partial charge in [-0.1, -0.05) is 38.3 Å². The van der Waals surface area contributed by atoms with E-state index in [1.807, 2.05) is 0 Å². The standard InChI is InChI=1S/C12H21/c1-2-3-9-12-10-7-5-4-6-8-11-12/h7,9-10,12H,2-6,8,11H2,1H3/b10-7-. The van der Waals surface area contributed by atoms with E-state index in [0.717, 1.165) is 5.92 Å². The first kappa shape index (κ1) is 9.83. The molecule has 0 bridgehead atoms. The van der Waals surface area contributed by atoms with Crippen molar-refractivity contribution in [3.8, 4) is 0 Å². The molecular weight excluding hydrogens is 144 g/mol. The number of hydrogen-bond acceptors (Lipinski definition) is 0. The Kier molecular flexibility index (Phi) is 5.14. The van der Waals surface area contributed by atoms with Gasteiger partial charge in [-0.15, -0.1) is 0 Å². The Bertz CT molecular complexity index is 124. The molecule has 0 heterocycles. The summed E-state index contributed by atoms with van der Waals surface area (Å²) in [6.07, 6.45) is 16.8. The van der Waals surface area contributed by atoms with Gasteiger partial charge in [0.15, 0.2) is 0 Å². The minimum atomic E-state index is 0.783. The Morgan fingerprint density at radius 1 is 1.33 bits per heavy atom. The topological polar surface area (TPSA) is 0 Å². The maximum atomic E-state index is 2.49. The van der Waals surface area contributed by atoms with Crippen LogP contribution in [0.3, 0.4) is 0 Å². The third-order valence-corrected chi connectivity index (χ3v) is 2.55. The molecule has 1 radical (unpaired) electrons. The molecule has 0 aromatic carbocycles. The molecule has 0 aliphatic heterocycles. The molecule has 0 spiro atoms. The molecule has 0 aromatic heterocycles. The molecule has 0 amide bonds. The Balaban J connectivity index is 2.23. The second-order valence-electron chi connectivity index (χ2n) is 3.75. The summed E-state index contributed by atoms with van der Waals surface area (Å²) in [7, 11) is 0. The summed E-state index contributed by atoms with van der Waals surface area (Å²) < 4.78 is 0. The van der Waals surface area contributed by atoms with E-state index in [0.29, 0.717) is 0 Å². The summed E-state index contributed by atoms with van der Waals surface area (Å²) in [6, 6.07) is 0. The van der Waals surface area contributed by atoms with E-state index < -0.39 is 0 Å². The van der Waals surface area contributed by atoms with Crippen LogP contribution in [0.4, 0.5) is 0 Å². The van der Waals surface area contributed by atoms with Crippen molar-refractivity contribution in [2.45, 2.75) is 51.9 Å². The average Bonchev–Trinajstić information content (AvgIpc) is 2.02. The Labute approximate surface area is 77.1 Å². The van der Waals surface area contributed by atoms with E-state index in [-0.39, 0.29) is 0 Å². The van der Waals surface area contributed by atoms with E-state index in [2.05, 4.69) is 25.5 Å². The van der Waals surface area contributed by atoms with Crippen LogP contribution in [0.1, 0.15) is 51.9 Å². The van der Waals surface area contributed by atoms with E-state index in [4.69, 9.17) is 0 Å². The van der Waals surface area contributed by atoms with E-state index >= 15 is 0 Å². The molecule has 1 atom stereocenters. The van der Waals surface area contributed by atoms with Gasteiger partial charge in [-0.25, -0.2) is 0 Å². The van der Waals surface area contributed by atoms with Crippen molar-refractivity contribution in [2.24, 2.45) is 5.92 Å². The highest BCUT2D eigenvalue weighted by atomic mass is 14.1. The van der Waals surface area contributed by atoms with Crippen molar-refractivity contribution >= 4 is 0 Å². The monoisotopic (exact) mass is 165 g/mol. The largest absolute Gasteiger partial charge is 0.0882 e. The molecule has 0 saturated heterocycles. The van der Waals surface area contributed by atoms with Crippen molar-refractivity contribution in [3.63, 3.8) is 0 Å². The molecular formula is C12H21. The van der Waals surface area contributed by atoms with Crippen molar-refractivity contribution in [1.29, 1.82) is 0 Å². The second-order valence-corrected chi connectivity index (χ2v) is 3.75. The fourth-order valence-electron chi connectivity index (χ4n) is 1.76. The van der Waals surface area contributed by atoms with Crippen LogP contribution in [-0.2, 0) is 0 Å². The van der Waals surface area contributed by atoms with Crippen LogP contribution < -0.4 is 0 Å². The Morgan fingerprint density at radius 3 is 3.08 bits per heavy atom. The summed E-state index contributed by atoms with van der Waals surface area (Å²) in [5.41, 5.74) is 0. The van der Waals surface area contributed by atoms with Crippen molar-refractivity contribution < 1.29 is 0 Å². The van der Waals surface area contributed by atoms with Crippen LogP contribution >= 0.6 is 0 Å². The first-order valence-corrected chi connectivity index (χ1v) is 5.43. The minimum Gasteiger partial charge on any atom is -0.0882 e. The fourth-order valence-corrected chi connectivity index (χ4v) is 1.76. The number of allylic oxidation sites excluding steroid dienone is 2. The summed E-state index contributed by atoms with van der Waals surface area (Å²) in [6.45, 7) is 2.25. The summed E-state index contributed by atoms with van der Waals surface area (Å²) in [5.74, 6) is 0.783. The Hall–Kier alpha value is -0.260. The van der Waals surface area contributed by atoms with E-state index in [1.165, 1.54) is 44.9 Å². The highest BCUT2D eigenvalue weighted by Crippen LogP contribution is 2.20. The van der Waals surface area contributed by atoms with Gasteiger partial charge in [-0.3, -0.25) is 0 Å². The van der Waals surface area contributed by atoms with Crippen LogP contribution in [-0.4, -0.2) is 0 Å². The third kappa shape index (κ3) is 3.94. The second kappa shape index (κ2) is 6.28. The smallest absolute Gasteiger partial charge is 0.0202 e. The number of rotatable bonds is 3. The normalized spacial score (nSPS) is 27.6. The van der Waals surface area contributed by atoms with Gasteiger partial charge in [0.05, 0.1) is 0 Å². The number of hydrogen-bond donors (Lipinski definition) is 0. The lowest BCUT2D eigenvalue weighted by molar-refractivity contribution is 0.548. The lowest BCUT2D eigenvalue weighted by Crippen LogP contribution is -1.99. The van der Waals surface area contributed by atoms with Gasteiger partial charge in [0.2, 0.25) is 0 Å². The molecule has 0 fully saturated rings. The summed E-state index contributed by atoms with van der Waals surface area (Å²) in [4.78, 5) is 0. The first-order chi connectivity index (χ1) is 5.93. The fraction of sp³-hybridized carbons (Fsp3) is 0.750. The maximum absolute atomic E-state index is 2.49. The highest BCUT2D eigenvalue weighted by molar-refractivity contribution is 4.96. The minimum absolute atomic E-state index is 0.783. The van der Waals surface area contributed by atoms with Gasteiger partial charge < -0.3 is 0 Å². The lowest BCUT2D eigenvalue weighted by Gasteiger charge is -2.13. The predicted molar refractivity (Wildman–Crippen MR) is 54.9 cm³/mol. The van der Waals surface area contributed by atoms with E-state index in [1.54, 1.807) is 0 Å². The zero-order chi connectivity index (χ0) is 8.65. The van der Waals surface area contributed by atoms with Gasteiger partial charge in [0, 0.05) is 0 Å². The molecule has 69 valence electrons. The van der Waals surface area contributed by atoms with Crippen LogP contribution in [0.25, 0.3) is 0 Å². The zero-order valence-electron chi connectivity index (χ0n) is 8.26. The van der Waals surface area contributed by atoms with Gasteiger partial charge >= 0.3 is 0 Å². The highest BCUT2D eigenvalue weighted by Gasteiger charge is 2.05. The number of unbranched alkanes of at least 4 members (excludes halogenated alkanes) is 1. The molecule has 1 aliphatic carbocycles. The van der Waals surface area contributed by atoms with Crippen LogP contribution in [0.5, 0.6) is 0 Å². The molecule has 1 unspecified atom stereocenters. The molecule has 12 heavy (non-hydrogen) atoms. The van der Waals surface area contributed by atoms with Gasteiger partial charge in [-0.05, 0) is 38.0 Å². The van der Waals surface area contributed by atoms with Gasteiger partial charge in [0.25, 0.3) is 0 Å². The lowest BCUT2D eigenvalue weighted by atomic mass is 9.92. The predicted octanol–water partition coefficient (Wildman–Crippen LogP) is 4.13. The average molecular weight is 165 g/mol. The van der Waals surface area contributed by atoms with Crippen LogP contribution in [0.2, 0.25) is 0 Å². The molecule has 0 aromatic rings. The van der Waals surface area contributed by atoms with Crippen LogP contribution in [0, 0.1) is 12.3 Å².